The van der Waals surface area contributed by atoms with E-state index in [2.05, 4.69) is 10.6 Å². The summed E-state index contributed by atoms with van der Waals surface area (Å²) in [5.41, 5.74) is 7.54. The monoisotopic (exact) mass is 353 g/mol. The van der Waals surface area contributed by atoms with Crippen LogP contribution in [0, 0.1) is 0 Å². The van der Waals surface area contributed by atoms with E-state index in [1.807, 2.05) is 24.3 Å². The first-order valence-electron chi connectivity index (χ1n) is 8.81. The van der Waals surface area contributed by atoms with E-state index in [4.69, 9.17) is 10.5 Å². The number of rotatable bonds is 7. The Morgan fingerprint density at radius 2 is 1.96 bits per heavy atom. The number of carbonyl (C=O) groups is 2. The number of anilines is 1. The molecule has 1 aliphatic rings. The van der Waals surface area contributed by atoms with Gasteiger partial charge in [0.25, 0.3) is 11.8 Å². The molecular formula is C20H23N3O3. The second kappa shape index (κ2) is 8.49. The third kappa shape index (κ3) is 4.40. The summed E-state index contributed by atoms with van der Waals surface area (Å²) < 4.78 is 5.69. The molecule has 6 nitrogen and oxygen atoms in total. The molecule has 136 valence electrons. The number of para-hydroxylation sites is 1. The van der Waals surface area contributed by atoms with Crippen LogP contribution in [-0.4, -0.2) is 31.0 Å². The van der Waals surface area contributed by atoms with Crippen LogP contribution in [0.15, 0.2) is 48.5 Å². The van der Waals surface area contributed by atoms with Crippen LogP contribution in [0.5, 0.6) is 5.75 Å². The standard InChI is InChI=1S/C20H23N3O3/c21-10-3-4-11-22-19(24)15-7-5-8-16(12-15)23-20(25)18-13-14-6-1-2-9-17(14)26-18/h1-2,5-9,12,18H,3-4,10-11,13,21H2,(H,22,24)(H,23,25). The van der Waals surface area contributed by atoms with E-state index in [0.29, 0.717) is 30.8 Å². The number of hydrogen-bond donors (Lipinski definition) is 3. The van der Waals surface area contributed by atoms with E-state index >= 15 is 0 Å². The predicted octanol–water partition coefficient (Wildman–Crippen LogP) is 2.10. The lowest BCUT2D eigenvalue weighted by molar-refractivity contribution is -0.122. The van der Waals surface area contributed by atoms with Gasteiger partial charge in [0.1, 0.15) is 5.75 Å². The average Bonchev–Trinajstić information content (AvgIpc) is 3.10. The number of nitrogens with two attached hydrogens (primary N) is 1. The van der Waals surface area contributed by atoms with Gasteiger partial charge < -0.3 is 21.1 Å². The normalized spacial score (nSPS) is 15.0. The Morgan fingerprint density at radius 3 is 2.77 bits per heavy atom. The Morgan fingerprint density at radius 1 is 1.12 bits per heavy atom. The molecule has 2 amide bonds. The van der Waals surface area contributed by atoms with Gasteiger partial charge in [-0.05, 0) is 49.2 Å². The van der Waals surface area contributed by atoms with Crippen LogP contribution >= 0.6 is 0 Å². The van der Waals surface area contributed by atoms with E-state index in [1.54, 1.807) is 24.3 Å². The first kappa shape index (κ1) is 17.9. The number of ether oxygens (including phenoxy) is 1. The molecule has 0 saturated carbocycles. The number of fused-ring (bicyclic) bond motifs is 1. The topological polar surface area (TPSA) is 93.5 Å². The maximum atomic E-state index is 12.5. The van der Waals surface area contributed by atoms with Crippen molar-refractivity contribution in [3.8, 4) is 5.75 Å². The molecular weight excluding hydrogens is 330 g/mol. The van der Waals surface area contributed by atoms with Crippen LogP contribution in [-0.2, 0) is 11.2 Å². The van der Waals surface area contributed by atoms with Crippen molar-refractivity contribution < 1.29 is 14.3 Å². The minimum absolute atomic E-state index is 0.164. The highest BCUT2D eigenvalue weighted by molar-refractivity contribution is 5.98. The molecule has 26 heavy (non-hydrogen) atoms. The van der Waals surface area contributed by atoms with Crippen molar-refractivity contribution in [1.82, 2.24) is 5.32 Å². The van der Waals surface area contributed by atoms with Crippen molar-refractivity contribution in [1.29, 1.82) is 0 Å². The van der Waals surface area contributed by atoms with Gasteiger partial charge in [-0.15, -0.1) is 0 Å². The number of amides is 2. The van der Waals surface area contributed by atoms with Crippen molar-refractivity contribution in [3.05, 3.63) is 59.7 Å². The minimum Gasteiger partial charge on any atom is -0.480 e. The molecule has 1 unspecified atom stereocenters. The molecule has 0 radical (unpaired) electrons. The molecule has 4 N–H and O–H groups in total. The van der Waals surface area contributed by atoms with Crippen LogP contribution in [0.2, 0.25) is 0 Å². The summed E-state index contributed by atoms with van der Waals surface area (Å²) in [6.45, 7) is 1.20. The van der Waals surface area contributed by atoms with Gasteiger partial charge in [-0.2, -0.15) is 0 Å². The molecule has 2 aromatic rings. The lowest BCUT2D eigenvalue weighted by Gasteiger charge is -2.12. The summed E-state index contributed by atoms with van der Waals surface area (Å²) in [4.78, 5) is 24.6. The van der Waals surface area contributed by atoms with E-state index in [1.165, 1.54) is 0 Å². The average molecular weight is 353 g/mol. The van der Waals surface area contributed by atoms with Crippen LogP contribution < -0.4 is 21.1 Å². The molecule has 6 heteroatoms. The van der Waals surface area contributed by atoms with Crippen molar-refractivity contribution in [2.75, 3.05) is 18.4 Å². The van der Waals surface area contributed by atoms with Gasteiger partial charge >= 0.3 is 0 Å². The molecule has 1 atom stereocenters. The van der Waals surface area contributed by atoms with Gasteiger partial charge in [0.15, 0.2) is 6.10 Å². The predicted molar refractivity (Wildman–Crippen MR) is 100 cm³/mol. The molecule has 0 spiro atoms. The van der Waals surface area contributed by atoms with Crippen molar-refractivity contribution >= 4 is 17.5 Å². The first-order chi connectivity index (χ1) is 12.7. The Kier molecular flexibility index (Phi) is 5.86. The quantitative estimate of drug-likeness (QED) is 0.665. The molecule has 1 heterocycles. The van der Waals surface area contributed by atoms with Crippen LogP contribution in [0.4, 0.5) is 5.69 Å². The summed E-state index contributed by atoms with van der Waals surface area (Å²) in [6.07, 6.45) is 1.71. The number of hydrogen-bond acceptors (Lipinski definition) is 4. The van der Waals surface area contributed by atoms with Gasteiger partial charge in [0.2, 0.25) is 0 Å². The Hall–Kier alpha value is -2.86. The zero-order valence-corrected chi connectivity index (χ0v) is 14.5. The highest BCUT2D eigenvalue weighted by Crippen LogP contribution is 2.28. The SMILES string of the molecule is NCCCCNC(=O)c1cccc(NC(=O)C2Cc3ccccc3O2)c1. The Balaban J connectivity index is 1.57. The molecule has 0 aromatic heterocycles. The maximum Gasteiger partial charge on any atom is 0.265 e. The number of benzene rings is 2. The van der Waals surface area contributed by atoms with Gasteiger partial charge in [-0.3, -0.25) is 9.59 Å². The summed E-state index contributed by atoms with van der Waals surface area (Å²) in [5.74, 6) is 0.364. The van der Waals surface area contributed by atoms with Gasteiger partial charge in [-0.1, -0.05) is 24.3 Å². The highest BCUT2D eigenvalue weighted by Gasteiger charge is 2.28. The van der Waals surface area contributed by atoms with Crippen LogP contribution in [0.25, 0.3) is 0 Å². The van der Waals surface area contributed by atoms with E-state index in [-0.39, 0.29) is 11.8 Å². The first-order valence-corrected chi connectivity index (χ1v) is 8.81. The summed E-state index contributed by atoms with van der Waals surface area (Å²) in [6, 6.07) is 14.5. The largest absolute Gasteiger partial charge is 0.480 e. The van der Waals surface area contributed by atoms with E-state index in [0.717, 1.165) is 24.2 Å². The maximum absolute atomic E-state index is 12.5. The van der Waals surface area contributed by atoms with E-state index in [9.17, 15) is 9.59 Å². The zero-order chi connectivity index (χ0) is 18.4. The van der Waals surface area contributed by atoms with Gasteiger partial charge in [0, 0.05) is 24.2 Å². The molecule has 0 bridgehead atoms. The fraction of sp³-hybridized carbons (Fsp3) is 0.300. The zero-order valence-electron chi connectivity index (χ0n) is 14.5. The fourth-order valence-corrected chi connectivity index (χ4v) is 2.86. The van der Waals surface area contributed by atoms with Gasteiger partial charge in [-0.25, -0.2) is 0 Å². The Bertz CT molecular complexity index is 766. The molecule has 0 fully saturated rings. The van der Waals surface area contributed by atoms with Crippen LogP contribution in [0.1, 0.15) is 28.8 Å². The highest BCUT2D eigenvalue weighted by atomic mass is 16.5. The number of carbonyl (C=O) groups excluding carboxylic acids is 2. The third-order valence-electron chi connectivity index (χ3n) is 4.25. The van der Waals surface area contributed by atoms with E-state index < -0.39 is 6.10 Å². The van der Waals surface area contributed by atoms with Gasteiger partial charge in [0.05, 0.1) is 0 Å². The summed E-state index contributed by atoms with van der Waals surface area (Å²) in [7, 11) is 0. The second-order valence-electron chi connectivity index (χ2n) is 6.24. The molecule has 0 aliphatic carbocycles. The Labute approximate surface area is 152 Å². The smallest absolute Gasteiger partial charge is 0.265 e. The number of nitrogens with one attached hydrogen (secondary N) is 2. The lowest BCUT2D eigenvalue weighted by Crippen LogP contribution is -2.31. The van der Waals surface area contributed by atoms with Crippen molar-refractivity contribution in [2.45, 2.75) is 25.4 Å². The lowest BCUT2D eigenvalue weighted by atomic mass is 10.1. The minimum atomic E-state index is -0.554. The molecule has 2 aromatic carbocycles. The molecule has 3 rings (SSSR count). The van der Waals surface area contributed by atoms with Crippen LogP contribution in [0.3, 0.4) is 0 Å². The molecule has 1 aliphatic heterocycles. The number of unbranched alkanes of at least 4 members (excludes halogenated alkanes) is 1. The van der Waals surface area contributed by atoms with Crippen molar-refractivity contribution in [3.63, 3.8) is 0 Å². The summed E-state index contributed by atoms with van der Waals surface area (Å²) in [5, 5.41) is 5.68. The third-order valence-corrected chi connectivity index (χ3v) is 4.25. The fourth-order valence-electron chi connectivity index (χ4n) is 2.86. The summed E-state index contributed by atoms with van der Waals surface area (Å²) >= 11 is 0. The van der Waals surface area contributed by atoms with Crippen molar-refractivity contribution in [2.24, 2.45) is 5.73 Å². The molecule has 0 saturated heterocycles. The second-order valence-corrected chi connectivity index (χ2v) is 6.24.